The molecule has 1 aromatic carbocycles. The van der Waals surface area contributed by atoms with Gasteiger partial charge in [-0.2, -0.15) is 0 Å². The molecule has 8 nitrogen and oxygen atoms in total. The van der Waals surface area contributed by atoms with Crippen molar-refractivity contribution in [1.82, 2.24) is 25.4 Å². The first kappa shape index (κ1) is 19.7. The second-order valence-corrected chi connectivity index (χ2v) is 6.89. The maximum atomic E-state index is 11.7. The Morgan fingerprint density at radius 3 is 2.70 bits per heavy atom. The number of aliphatic hydroxyl groups is 1. The van der Waals surface area contributed by atoms with E-state index >= 15 is 0 Å². The molecule has 30 heavy (non-hydrogen) atoms. The molecular formula is C22H25N5O3. The van der Waals surface area contributed by atoms with E-state index in [9.17, 15) is 9.90 Å². The molecule has 8 heteroatoms. The highest BCUT2D eigenvalue weighted by Gasteiger charge is 2.15. The smallest absolute Gasteiger partial charge is 0.253 e. The van der Waals surface area contributed by atoms with E-state index in [-0.39, 0.29) is 20.6 Å². The standard InChI is InChI=1S/C22H21N5O3.2H2/c1-13-21(26-19(11-24-13)16-7-17(12-28)22(29)25-10-16)20-8-18(27-30-20)15-5-3-14(4-6-15)9-23-2;;/h3-8,10-11,23,28H,9,12H2,1-2H3,(H,25,29);2*1H. The summed E-state index contributed by atoms with van der Waals surface area (Å²) in [6.07, 6.45) is 3.16. The van der Waals surface area contributed by atoms with Gasteiger partial charge in [-0.05, 0) is 25.6 Å². The molecule has 4 aromatic rings. The summed E-state index contributed by atoms with van der Waals surface area (Å²) in [7, 11) is 1.91. The van der Waals surface area contributed by atoms with Gasteiger partial charge in [0, 0.05) is 38.4 Å². The Bertz CT molecular complexity index is 1240. The van der Waals surface area contributed by atoms with Crippen LogP contribution in [0.25, 0.3) is 34.0 Å². The maximum absolute atomic E-state index is 11.7. The lowest BCUT2D eigenvalue weighted by atomic mass is 10.1. The van der Waals surface area contributed by atoms with Gasteiger partial charge in [0.15, 0.2) is 5.76 Å². The van der Waals surface area contributed by atoms with Gasteiger partial charge in [0.25, 0.3) is 5.56 Å². The monoisotopic (exact) mass is 407 g/mol. The van der Waals surface area contributed by atoms with Crippen molar-refractivity contribution in [2.45, 2.75) is 20.1 Å². The minimum absolute atomic E-state index is 0. The van der Waals surface area contributed by atoms with Gasteiger partial charge in [-0.25, -0.2) is 4.98 Å². The third-order valence-corrected chi connectivity index (χ3v) is 4.78. The molecule has 0 saturated carbocycles. The van der Waals surface area contributed by atoms with Gasteiger partial charge in [-0.1, -0.05) is 29.4 Å². The van der Waals surface area contributed by atoms with Crippen LogP contribution in [0, 0.1) is 6.92 Å². The molecule has 0 saturated heterocycles. The number of benzene rings is 1. The van der Waals surface area contributed by atoms with Crippen LogP contribution in [0.3, 0.4) is 0 Å². The molecule has 4 rings (SSSR count). The number of aromatic nitrogens is 4. The molecule has 0 spiro atoms. The minimum atomic E-state index is -0.353. The number of rotatable bonds is 6. The van der Waals surface area contributed by atoms with Gasteiger partial charge in [0.05, 0.1) is 24.2 Å². The van der Waals surface area contributed by atoms with E-state index < -0.39 is 0 Å². The van der Waals surface area contributed by atoms with E-state index in [4.69, 9.17) is 4.52 Å². The van der Waals surface area contributed by atoms with Crippen LogP contribution in [-0.4, -0.2) is 32.3 Å². The molecule has 3 heterocycles. The molecule has 0 aliphatic carbocycles. The van der Waals surface area contributed by atoms with Gasteiger partial charge in [0.2, 0.25) is 0 Å². The third kappa shape index (κ3) is 3.91. The molecule has 0 aliphatic heterocycles. The summed E-state index contributed by atoms with van der Waals surface area (Å²) in [5.41, 5.74) is 5.22. The van der Waals surface area contributed by atoms with Crippen LogP contribution in [0.2, 0.25) is 0 Å². The SMILES string of the molecule is CNCc1ccc(-c2cc(-c3nc(-c4c[nH]c(=O)c(CO)c4)cnc3C)on2)cc1.[HH].[HH]. The molecule has 156 valence electrons. The molecule has 0 radical (unpaired) electrons. The van der Waals surface area contributed by atoms with Gasteiger partial charge < -0.3 is 19.9 Å². The molecule has 0 bridgehead atoms. The predicted octanol–water partition coefficient (Wildman–Crippen LogP) is 3.17. The molecule has 3 aromatic heterocycles. The quantitative estimate of drug-likeness (QED) is 0.449. The summed E-state index contributed by atoms with van der Waals surface area (Å²) >= 11 is 0. The van der Waals surface area contributed by atoms with Crippen molar-refractivity contribution in [3.63, 3.8) is 0 Å². The van der Waals surface area contributed by atoms with Gasteiger partial charge in [-0.3, -0.25) is 9.78 Å². The zero-order valence-corrected chi connectivity index (χ0v) is 16.6. The Morgan fingerprint density at radius 1 is 1.17 bits per heavy atom. The highest BCUT2D eigenvalue weighted by atomic mass is 16.5. The number of pyridine rings is 1. The van der Waals surface area contributed by atoms with Crippen LogP contribution >= 0.6 is 0 Å². The number of hydrogen-bond donors (Lipinski definition) is 3. The maximum Gasteiger partial charge on any atom is 0.253 e. The van der Waals surface area contributed by atoms with Crippen LogP contribution in [0.5, 0.6) is 0 Å². The van der Waals surface area contributed by atoms with Crippen molar-refractivity contribution in [2.75, 3.05) is 7.05 Å². The average Bonchev–Trinajstić information content (AvgIpc) is 3.25. The van der Waals surface area contributed by atoms with Gasteiger partial charge in [-0.15, -0.1) is 0 Å². The molecule has 0 amide bonds. The van der Waals surface area contributed by atoms with Crippen molar-refractivity contribution in [3.8, 4) is 34.0 Å². The Kier molecular flexibility index (Phi) is 5.51. The molecule has 0 atom stereocenters. The fraction of sp³-hybridized carbons (Fsp3) is 0.182. The zero-order chi connectivity index (χ0) is 21.1. The molecule has 3 N–H and O–H groups in total. The van der Waals surface area contributed by atoms with E-state index in [1.54, 1.807) is 18.5 Å². The summed E-state index contributed by atoms with van der Waals surface area (Å²) < 4.78 is 5.56. The van der Waals surface area contributed by atoms with E-state index in [2.05, 4.69) is 25.4 Å². The van der Waals surface area contributed by atoms with E-state index in [1.807, 2.05) is 44.3 Å². The Balaban J connectivity index is 0.00000181. The molecule has 0 unspecified atom stereocenters. The lowest BCUT2D eigenvalue weighted by Crippen LogP contribution is -2.11. The summed E-state index contributed by atoms with van der Waals surface area (Å²) in [6, 6.07) is 11.5. The largest absolute Gasteiger partial charge is 0.391 e. The van der Waals surface area contributed by atoms with E-state index in [0.717, 1.165) is 12.1 Å². The lowest BCUT2D eigenvalue weighted by molar-refractivity contribution is 0.280. The second-order valence-electron chi connectivity index (χ2n) is 6.89. The fourth-order valence-electron chi connectivity index (χ4n) is 3.14. The summed E-state index contributed by atoms with van der Waals surface area (Å²) in [5, 5.41) is 16.6. The summed E-state index contributed by atoms with van der Waals surface area (Å²) in [5.74, 6) is 0.503. The number of H-pyrrole nitrogens is 1. The number of aromatic amines is 1. The van der Waals surface area contributed by atoms with Crippen molar-refractivity contribution in [1.29, 1.82) is 0 Å². The zero-order valence-electron chi connectivity index (χ0n) is 16.6. The number of nitrogens with one attached hydrogen (secondary N) is 2. The lowest BCUT2D eigenvalue weighted by Gasteiger charge is -2.06. The first-order valence-corrected chi connectivity index (χ1v) is 9.46. The van der Waals surface area contributed by atoms with E-state index in [0.29, 0.717) is 34.1 Å². The Hall–Kier alpha value is -3.62. The summed E-state index contributed by atoms with van der Waals surface area (Å²) in [6.45, 7) is 2.29. The normalized spacial score (nSPS) is 11.0. The van der Waals surface area contributed by atoms with Crippen LogP contribution < -0.4 is 10.9 Å². The Morgan fingerprint density at radius 2 is 1.97 bits per heavy atom. The first-order valence-electron chi connectivity index (χ1n) is 9.46. The van der Waals surface area contributed by atoms with Crippen molar-refractivity contribution in [2.24, 2.45) is 0 Å². The topological polar surface area (TPSA) is 117 Å². The van der Waals surface area contributed by atoms with Crippen molar-refractivity contribution < 1.29 is 12.5 Å². The highest BCUT2D eigenvalue weighted by molar-refractivity contribution is 5.68. The third-order valence-electron chi connectivity index (χ3n) is 4.78. The molecular weight excluding hydrogens is 382 g/mol. The minimum Gasteiger partial charge on any atom is -0.391 e. The van der Waals surface area contributed by atoms with Crippen LogP contribution in [0.1, 0.15) is 19.7 Å². The number of aliphatic hydroxyl groups excluding tert-OH is 1. The fourth-order valence-corrected chi connectivity index (χ4v) is 3.14. The number of nitrogens with zero attached hydrogens (tertiary/aromatic N) is 3. The van der Waals surface area contributed by atoms with E-state index in [1.165, 1.54) is 5.56 Å². The van der Waals surface area contributed by atoms with Crippen molar-refractivity contribution >= 4 is 0 Å². The predicted molar refractivity (Wildman–Crippen MR) is 117 cm³/mol. The van der Waals surface area contributed by atoms with Crippen LogP contribution in [0.4, 0.5) is 0 Å². The van der Waals surface area contributed by atoms with Crippen LogP contribution in [-0.2, 0) is 13.2 Å². The van der Waals surface area contributed by atoms with Gasteiger partial charge >= 0.3 is 0 Å². The molecule has 0 aliphatic rings. The Labute approximate surface area is 175 Å². The first-order chi connectivity index (χ1) is 14.6. The summed E-state index contributed by atoms with van der Waals surface area (Å²) in [4.78, 5) is 23.4. The highest BCUT2D eigenvalue weighted by Crippen LogP contribution is 2.28. The number of hydrogen-bond acceptors (Lipinski definition) is 7. The van der Waals surface area contributed by atoms with Gasteiger partial charge in [0.1, 0.15) is 11.4 Å². The number of aryl methyl sites for hydroxylation is 1. The second kappa shape index (κ2) is 8.40. The average molecular weight is 407 g/mol. The van der Waals surface area contributed by atoms with Crippen LogP contribution in [0.15, 0.2) is 58.1 Å². The van der Waals surface area contributed by atoms with Crippen molar-refractivity contribution in [3.05, 3.63) is 76.0 Å². The molecule has 0 fully saturated rings.